The summed E-state index contributed by atoms with van der Waals surface area (Å²) in [6, 6.07) is 4.19. The van der Waals surface area contributed by atoms with Crippen LogP contribution in [0, 0.1) is 0 Å². The van der Waals surface area contributed by atoms with E-state index in [1.54, 1.807) is 30.0 Å². The van der Waals surface area contributed by atoms with E-state index in [1.807, 2.05) is 0 Å². The highest BCUT2D eigenvalue weighted by molar-refractivity contribution is 7.09. The predicted molar refractivity (Wildman–Crippen MR) is 73.3 cm³/mol. The van der Waals surface area contributed by atoms with Crippen molar-refractivity contribution in [3.8, 4) is 0 Å². The number of carbonyl (C=O) groups is 1. The van der Waals surface area contributed by atoms with E-state index in [4.69, 9.17) is 4.74 Å². The molecule has 102 valence electrons. The van der Waals surface area contributed by atoms with Crippen LogP contribution in [0.25, 0.3) is 0 Å². The predicted octanol–water partition coefficient (Wildman–Crippen LogP) is 2.23. The van der Waals surface area contributed by atoms with E-state index in [2.05, 4.69) is 27.6 Å². The molecule has 0 aromatic carbocycles. The zero-order chi connectivity index (χ0) is 13.7. The lowest BCUT2D eigenvalue weighted by molar-refractivity contribution is 0.0512. The van der Waals surface area contributed by atoms with E-state index in [1.165, 1.54) is 4.88 Å². The molecule has 0 N–H and O–H groups in total. The first kappa shape index (κ1) is 13.7. The van der Waals surface area contributed by atoms with Gasteiger partial charge in [0.25, 0.3) is 5.82 Å². The summed E-state index contributed by atoms with van der Waals surface area (Å²) in [5, 5.41) is 6.16. The average molecular weight is 279 g/mol. The van der Waals surface area contributed by atoms with Gasteiger partial charge in [-0.15, -0.1) is 16.4 Å². The van der Waals surface area contributed by atoms with Crippen LogP contribution in [0.1, 0.15) is 34.7 Å². The van der Waals surface area contributed by atoms with Crippen LogP contribution in [-0.4, -0.2) is 27.3 Å². The Bertz CT molecular complexity index is 534. The Morgan fingerprint density at radius 2 is 2.32 bits per heavy atom. The first-order valence-corrected chi connectivity index (χ1v) is 7.18. The summed E-state index contributed by atoms with van der Waals surface area (Å²) in [6.07, 6.45) is 2.83. The normalized spacial score (nSPS) is 10.6. The molecule has 6 heteroatoms. The molecule has 0 bridgehead atoms. The van der Waals surface area contributed by atoms with Crippen molar-refractivity contribution >= 4 is 17.3 Å². The lowest BCUT2D eigenvalue weighted by Gasteiger charge is -1.98. The number of hydrogen-bond donors (Lipinski definition) is 0. The van der Waals surface area contributed by atoms with Crippen molar-refractivity contribution in [2.45, 2.75) is 26.2 Å². The van der Waals surface area contributed by atoms with Crippen molar-refractivity contribution in [1.29, 1.82) is 0 Å². The standard InChI is InChI=1S/C13H17N3O2S/c1-3-18-13(17)12-14-11(16(2)15-12)8-4-6-10-7-5-9-19-10/h5,7,9H,3-4,6,8H2,1-2H3. The maximum atomic E-state index is 11.5. The van der Waals surface area contributed by atoms with Gasteiger partial charge in [-0.3, -0.25) is 4.68 Å². The van der Waals surface area contributed by atoms with Crippen LogP contribution < -0.4 is 0 Å². The first-order chi connectivity index (χ1) is 9.20. The van der Waals surface area contributed by atoms with Gasteiger partial charge in [0.05, 0.1) is 6.61 Å². The van der Waals surface area contributed by atoms with E-state index < -0.39 is 5.97 Å². The van der Waals surface area contributed by atoms with E-state index in [0.717, 1.165) is 25.1 Å². The Hall–Kier alpha value is -1.69. The highest BCUT2D eigenvalue weighted by Gasteiger charge is 2.15. The van der Waals surface area contributed by atoms with Gasteiger partial charge in [-0.1, -0.05) is 6.07 Å². The highest BCUT2D eigenvalue weighted by atomic mass is 32.1. The van der Waals surface area contributed by atoms with Crippen molar-refractivity contribution in [3.63, 3.8) is 0 Å². The van der Waals surface area contributed by atoms with E-state index in [9.17, 15) is 4.79 Å². The molecule has 0 amide bonds. The van der Waals surface area contributed by atoms with Gasteiger partial charge in [-0.2, -0.15) is 0 Å². The highest BCUT2D eigenvalue weighted by Crippen LogP contribution is 2.12. The summed E-state index contributed by atoms with van der Waals surface area (Å²) in [5.41, 5.74) is 0. The third kappa shape index (κ3) is 3.64. The zero-order valence-electron chi connectivity index (χ0n) is 11.1. The second-order valence-electron chi connectivity index (χ2n) is 4.13. The molecule has 2 aromatic heterocycles. The molecule has 2 heterocycles. The molecule has 0 atom stereocenters. The molecule has 19 heavy (non-hydrogen) atoms. The van der Waals surface area contributed by atoms with Crippen LogP contribution in [0.4, 0.5) is 0 Å². The molecule has 0 saturated carbocycles. The third-order valence-corrected chi connectivity index (χ3v) is 3.65. The summed E-state index contributed by atoms with van der Waals surface area (Å²) in [7, 11) is 1.80. The van der Waals surface area contributed by atoms with Crippen LogP contribution in [0.2, 0.25) is 0 Å². The Morgan fingerprint density at radius 3 is 3.00 bits per heavy atom. The second kappa shape index (κ2) is 6.47. The maximum Gasteiger partial charge on any atom is 0.378 e. The molecule has 0 saturated heterocycles. The van der Waals surface area contributed by atoms with Gasteiger partial charge in [-0.25, -0.2) is 9.78 Å². The van der Waals surface area contributed by atoms with Gasteiger partial charge in [0, 0.05) is 18.3 Å². The maximum absolute atomic E-state index is 11.5. The van der Waals surface area contributed by atoms with Crippen LogP contribution in [-0.2, 0) is 24.6 Å². The monoisotopic (exact) mass is 279 g/mol. The molecule has 0 spiro atoms. The summed E-state index contributed by atoms with van der Waals surface area (Å²) in [4.78, 5) is 17.1. The minimum Gasteiger partial charge on any atom is -0.460 e. The lowest BCUT2D eigenvalue weighted by atomic mass is 10.2. The molecule has 0 fully saturated rings. The number of hydrogen-bond acceptors (Lipinski definition) is 5. The summed E-state index contributed by atoms with van der Waals surface area (Å²) in [5.74, 6) is 0.512. The summed E-state index contributed by atoms with van der Waals surface area (Å²) < 4.78 is 6.54. The minimum atomic E-state index is -0.456. The number of thiophene rings is 1. The van der Waals surface area contributed by atoms with Crippen LogP contribution in [0.5, 0.6) is 0 Å². The number of rotatable bonds is 6. The topological polar surface area (TPSA) is 57.0 Å². The number of aromatic nitrogens is 3. The largest absolute Gasteiger partial charge is 0.460 e. The van der Waals surface area contributed by atoms with Crippen LogP contribution in [0.3, 0.4) is 0 Å². The average Bonchev–Trinajstić information content (AvgIpc) is 3.00. The Balaban J connectivity index is 1.91. The fraction of sp³-hybridized carbons (Fsp3) is 0.462. The first-order valence-electron chi connectivity index (χ1n) is 6.30. The number of aryl methyl sites for hydroxylation is 3. The van der Waals surface area contributed by atoms with Gasteiger partial charge >= 0.3 is 5.97 Å². The molecule has 0 unspecified atom stereocenters. The minimum absolute atomic E-state index is 0.149. The molecule has 2 rings (SSSR count). The number of esters is 1. The van der Waals surface area contributed by atoms with Crippen molar-refractivity contribution < 1.29 is 9.53 Å². The van der Waals surface area contributed by atoms with E-state index in [0.29, 0.717) is 6.61 Å². The van der Waals surface area contributed by atoms with Gasteiger partial charge in [-0.05, 0) is 31.2 Å². The Labute approximate surface area is 116 Å². The number of carbonyl (C=O) groups excluding carboxylic acids is 1. The molecule has 2 aromatic rings. The molecular formula is C13H17N3O2S. The molecule has 5 nitrogen and oxygen atoms in total. The van der Waals surface area contributed by atoms with Gasteiger partial charge in [0.1, 0.15) is 5.82 Å². The van der Waals surface area contributed by atoms with Crippen molar-refractivity contribution in [1.82, 2.24) is 14.8 Å². The third-order valence-electron chi connectivity index (χ3n) is 2.71. The Morgan fingerprint density at radius 1 is 1.47 bits per heavy atom. The second-order valence-corrected chi connectivity index (χ2v) is 5.16. The van der Waals surface area contributed by atoms with Crippen molar-refractivity contribution in [3.05, 3.63) is 34.0 Å². The summed E-state index contributed by atoms with van der Waals surface area (Å²) >= 11 is 1.76. The van der Waals surface area contributed by atoms with E-state index >= 15 is 0 Å². The summed E-state index contributed by atoms with van der Waals surface area (Å²) in [6.45, 7) is 2.10. The molecular weight excluding hydrogens is 262 g/mol. The quantitative estimate of drug-likeness (QED) is 0.761. The SMILES string of the molecule is CCOC(=O)c1nc(CCCc2cccs2)n(C)n1. The zero-order valence-corrected chi connectivity index (χ0v) is 11.9. The molecule has 0 aliphatic rings. The lowest BCUT2D eigenvalue weighted by Crippen LogP contribution is -2.07. The van der Waals surface area contributed by atoms with Gasteiger partial charge in [0.15, 0.2) is 0 Å². The molecule has 0 aliphatic carbocycles. The van der Waals surface area contributed by atoms with Gasteiger partial charge in [0.2, 0.25) is 0 Å². The van der Waals surface area contributed by atoms with E-state index in [-0.39, 0.29) is 5.82 Å². The van der Waals surface area contributed by atoms with Crippen LogP contribution in [0.15, 0.2) is 17.5 Å². The number of nitrogens with zero attached hydrogens (tertiary/aromatic N) is 3. The van der Waals surface area contributed by atoms with Crippen LogP contribution >= 0.6 is 11.3 Å². The van der Waals surface area contributed by atoms with Crippen molar-refractivity contribution in [2.75, 3.05) is 6.61 Å². The molecule has 0 aliphatic heterocycles. The smallest absolute Gasteiger partial charge is 0.378 e. The molecule has 0 radical (unpaired) electrons. The Kier molecular flexibility index (Phi) is 4.68. The fourth-order valence-electron chi connectivity index (χ4n) is 1.79. The fourth-order valence-corrected chi connectivity index (χ4v) is 2.54. The number of ether oxygens (including phenoxy) is 1. The van der Waals surface area contributed by atoms with Crippen molar-refractivity contribution in [2.24, 2.45) is 7.05 Å². The van der Waals surface area contributed by atoms with Gasteiger partial charge < -0.3 is 4.74 Å².